The number of carbonyl (C=O) groups is 1. The third-order valence-electron chi connectivity index (χ3n) is 4.47. The highest BCUT2D eigenvalue weighted by Crippen LogP contribution is 2.17. The van der Waals surface area contributed by atoms with Crippen molar-refractivity contribution >= 4 is 16.9 Å². The summed E-state index contributed by atoms with van der Waals surface area (Å²) in [5, 5.41) is 7.49. The first kappa shape index (κ1) is 17.0. The molecule has 0 bridgehead atoms. The normalized spacial score (nSPS) is 11.0. The van der Waals surface area contributed by atoms with E-state index < -0.39 is 0 Å². The van der Waals surface area contributed by atoms with Gasteiger partial charge in [0.15, 0.2) is 0 Å². The molecule has 0 saturated carbocycles. The molecule has 1 amide bonds. The van der Waals surface area contributed by atoms with E-state index in [0.29, 0.717) is 18.5 Å². The molecule has 6 nitrogen and oxygen atoms in total. The number of amides is 1. The quantitative estimate of drug-likeness (QED) is 0.574. The average molecular weight is 359 g/mol. The molecule has 6 heteroatoms. The number of fused-ring (bicyclic) bond motifs is 1. The number of H-pyrrole nitrogens is 1. The summed E-state index contributed by atoms with van der Waals surface area (Å²) in [6, 6.07) is 17.4. The molecule has 136 valence electrons. The zero-order valence-electron chi connectivity index (χ0n) is 15.4. The number of hydrogen-bond donors (Lipinski definition) is 2. The van der Waals surface area contributed by atoms with E-state index in [1.54, 1.807) is 0 Å². The van der Waals surface area contributed by atoms with Crippen molar-refractivity contribution in [2.75, 3.05) is 6.54 Å². The molecule has 0 radical (unpaired) electrons. The van der Waals surface area contributed by atoms with Crippen LogP contribution in [0, 0.1) is 13.8 Å². The molecule has 0 unspecified atom stereocenters. The number of imidazole rings is 1. The van der Waals surface area contributed by atoms with Crippen molar-refractivity contribution in [1.29, 1.82) is 0 Å². The van der Waals surface area contributed by atoms with E-state index in [1.807, 2.05) is 73.1 Å². The van der Waals surface area contributed by atoms with Crippen molar-refractivity contribution in [3.63, 3.8) is 0 Å². The Bertz CT molecular complexity index is 1080. The lowest BCUT2D eigenvalue weighted by Crippen LogP contribution is -2.27. The molecule has 0 aliphatic carbocycles. The van der Waals surface area contributed by atoms with Gasteiger partial charge in [0.1, 0.15) is 5.82 Å². The molecule has 4 aromatic rings. The van der Waals surface area contributed by atoms with Crippen LogP contribution in [0.1, 0.15) is 27.6 Å². The second kappa shape index (κ2) is 7.07. The minimum absolute atomic E-state index is 0.116. The standard InChI is InChI=1S/C21H21N5O/c1-14-13-15(2)26(25-14)19-10-6-3-7-16(19)21(27)22-12-11-20-23-17-8-4-5-9-18(17)24-20/h3-10,13H,11-12H2,1-2H3,(H,22,27)(H,23,24). The summed E-state index contributed by atoms with van der Waals surface area (Å²) in [7, 11) is 0. The number of nitrogens with one attached hydrogen (secondary N) is 2. The summed E-state index contributed by atoms with van der Waals surface area (Å²) in [6.45, 7) is 4.43. The van der Waals surface area contributed by atoms with E-state index in [1.165, 1.54) is 0 Å². The Hall–Kier alpha value is -3.41. The Morgan fingerprint density at radius 1 is 1.11 bits per heavy atom. The molecule has 27 heavy (non-hydrogen) atoms. The van der Waals surface area contributed by atoms with Crippen molar-refractivity contribution in [2.24, 2.45) is 0 Å². The molecule has 0 aliphatic rings. The average Bonchev–Trinajstić information content (AvgIpc) is 3.23. The molecule has 2 aromatic heterocycles. The van der Waals surface area contributed by atoms with Crippen molar-refractivity contribution in [3.05, 3.63) is 77.4 Å². The van der Waals surface area contributed by atoms with E-state index in [9.17, 15) is 4.79 Å². The molecular formula is C21H21N5O. The van der Waals surface area contributed by atoms with E-state index in [4.69, 9.17) is 0 Å². The Morgan fingerprint density at radius 2 is 1.89 bits per heavy atom. The minimum Gasteiger partial charge on any atom is -0.352 e. The lowest BCUT2D eigenvalue weighted by Gasteiger charge is -2.11. The van der Waals surface area contributed by atoms with Gasteiger partial charge < -0.3 is 10.3 Å². The topological polar surface area (TPSA) is 75.6 Å². The Labute approximate surface area is 157 Å². The van der Waals surface area contributed by atoms with Gasteiger partial charge in [-0.1, -0.05) is 24.3 Å². The Kier molecular flexibility index (Phi) is 4.46. The first-order valence-corrected chi connectivity index (χ1v) is 8.96. The zero-order valence-corrected chi connectivity index (χ0v) is 15.4. The summed E-state index contributed by atoms with van der Waals surface area (Å²) >= 11 is 0. The van der Waals surface area contributed by atoms with Gasteiger partial charge in [-0.05, 0) is 44.2 Å². The van der Waals surface area contributed by atoms with Crippen LogP contribution in [0.4, 0.5) is 0 Å². The summed E-state index contributed by atoms with van der Waals surface area (Å²) in [4.78, 5) is 20.6. The van der Waals surface area contributed by atoms with E-state index in [-0.39, 0.29) is 5.91 Å². The van der Waals surface area contributed by atoms with Crippen molar-refractivity contribution in [2.45, 2.75) is 20.3 Å². The van der Waals surface area contributed by atoms with E-state index >= 15 is 0 Å². The number of aryl methyl sites for hydroxylation is 2. The fourth-order valence-corrected chi connectivity index (χ4v) is 3.24. The summed E-state index contributed by atoms with van der Waals surface area (Å²) in [5.74, 6) is 0.748. The van der Waals surface area contributed by atoms with Gasteiger partial charge in [-0.2, -0.15) is 5.10 Å². The molecule has 0 fully saturated rings. The molecule has 2 aromatic carbocycles. The van der Waals surface area contributed by atoms with Crippen LogP contribution in [0.3, 0.4) is 0 Å². The monoisotopic (exact) mass is 359 g/mol. The Morgan fingerprint density at radius 3 is 2.67 bits per heavy atom. The van der Waals surface area contributed by atoms with Crippen LogP contribution in [0.5, 0.6) is 0 Å². The fourth-order valence-electron chi connectivity index (χ4n) is 3.24. The number of aromatic amines is 1. The molecule has 0 spiro atoms. The van der Waals surface area contributed by atoms with Gasteiger partial charge in [-0.3, -0.25) is 4.79 Å². The van der Waals surface area contributed by atoms with Crippen LogP contribution in [0.25, 0.3) is 16.7 Å². The fraction of sp³-hybridized carbons (Fsp3) is 0.190. The molecule has 0 saturated heterocycles. The molecule has 2 N–H and O–H groups in total. The summed E-state index contributed by atoms with van der Waals surface area (Å²) in [5.41, 5.74) is 5.25. The van der Waals surface area contributed by atoms with Crippen molar-refractivity contribution < 1.29 is 4.79 Å². The van der Waals surface area contributed by atoms with Gasteiger partial charge in [0, 0.05) is 18.7 Å². The summed E-state index contributed by atoms with van der Waals surface area (Å²) in [6.07, 6.45) is 0.641. The van der Waals surface area contributed by atoms with Gasteiger partial charge in [-0.25, -0.2) is 9.67 Å². The first-order chi connectivity index (χ1) is 13.1. The largest absolute Gasteiger partial charge is 0.352 e. The second-order valence-corrected chi connectivity index (χ2v) is 6.56. The highest BCUT2D eigenvalue weighted by Gasteiger charge is 2.14. The number of aromatic nitrogens is 4. The van der Waals surface area contributed by atoms with Gasteiger partial charge in [0.25, 0.3) is 5.91 Å². The van der Waals surface area contributed by atoms with Crippen molar-refractivity contribution in [1.82, 2.24) is 25.1 Å². The van der Waals surface area contributed by atoms with E-state index in [0.717, 1.165) is 33.9 Å². The highest BCUT2D eigenvalue weighted by molar-refractivity contribution is 5.97. The van der Waals surface area contributed by atoms with Gasteiger partial charge in [-0.15, -0.1) is 0 Å². The number of para-hydroxylation sites is 3. The van der Waals surface area contributed by atoms with Crippen LogP contribution in [-0.4, -0.2) is 32.2 Å². The summed E-state index contributed by atoms with van der Waals surface area (Å²) < 4.78 is 1.81. The Balaban J connectivity index is 1.48. The van der Waals surface area contributed by atoms with Crippen molar-refractivity contribution in [3.8, 4) is 5.69 Å². The smallest absolute Gasteiger partial charge is 0.253 e. The van der Waals surface area contributed by atoms with E-state index in [2.05, 4.69) is 20.4 Å². The number of nitrogens with zero attached hydrogens (tertiary/aromatic N) is 3. The van der Waals surface area contributed by atoms with Crippen LogP contribution >= 0.6 is 0 Å². The SMILES string of the molecule is Cc1cc(C)n(-c2ccccc2C(=O)NCCc2nc3ccccc3[nH]2)n1. The maximum absolute atomic E-state index is 12.7. The van der Waals surface area contributed by atoms with Gasteiger partial charge >= 0.3 is 0 Å². The lowest BCUT2D eigenvalue weighted by atomic mass is 10.1. The predicted octanol–water partition coefficient (Wildman–Crippen LogP) is 3.34. The minimum atomic E-state index is -0.116. The number of carbonyl (C=O) groups excluding carboxylic acids is 1. The van der Waals surface area contributed by atoms with Crippen LogP contribution in [0.2, 0.25) is 0 Å². The van der Waals surface area contributed by atoms with Gasteiger partial charge in [0.05, 0.1) is 28.0 Å². The third kappa shape index (κ3) is 3.46. The number of hydrogen-bond acceptors (Lipinski definition) is 3. The third-order valence-corrected chi connectivity index (χ3v) is 4.47. The number of benzene rings is 2. The molecule has 2 heterocycles. The molecule has 4 rings (SSSR count). The van der Waals surface area contributed by atoms with Crippen LogP contribution in [-0.2, 0) is 6.42 Å². The molecule has 0 atom stereocenters. The maximum atomic E-state index is 12.7. The lowest BCUT2D eigenvalue weighted by molar-refractivity contribution is 0.0954. The van der Waals surface area contributed by atoms with Gasteiger partial charge in [0.2, 0.25) is 0 Å². The highest BCUT2D eigenvalue weighted by atomic mass is 16.1. The maximum Gasteiger partial charge on any atom is 0.253 e. The first-order valence-electron chi connectivity index (χ1n) is 8.96. The van der Waals surface area contributed by atoms with Crippen LogP contribution < -0.4 is 5.32 Å². The van der Waals surface area contributed by atoms with Crippen LogP contribution in [0.15, 0.2) is 54.6 Å². The second-order valence-electron chi connectivity index (χ2n) is 6.56. The molecule has 0 aliphatic heterocycles. The molecular weight excluding hydrogens is 338 g/mol. The predicted molar refractivity (Wildman–Crippen MR) is 105 cm³/mol. The zero-order chi connectivity index (χ0) is 18.8. The number of rotatable bonds is 5.